The van der Waals surface area contributed by atoms with Crippen molar-refractivity contribution >= 4 is 22.0 Å². The van der Waals surface area contributed by atoms with E-state index in [1.807, 2.05) is 0 Å². The fourth-order valence-corrected chi connectivity index (χ4v) is 0.262. The SMILES string of the molecule is O.O.O=C1[O][Al-][O]1.[Na+]. The summed E-state index contributed by atoms with van der Waals surface area (Å²) in [6, 6.07) is 0. The average Bonchev–Trinajstić information content (AvgIpc) is 1.30. The van der Waals surface area contributed by atoms with Crippen LogP contribution in [0.25, 0.3) is 0 Å². The molecule has 2 radical (unpaired) electrons. The molecule has 0 amide bonds. The van der Waals surface area contributed by atoms with Crippen LogP contribution >= 0.6 is 0 Å². The Balaban J connectivity index is -0.0000000833. The molecule has 0 unspecified atom stereocenters. The minimum atomic E-state index is -0.528. The zero-order valence-electron chi connectivity index (χ0n) is 4.30. The summed E-state index contributed by atoms with van der Waals surface area (Å²) in [5.74, 6) is 0. The van der Waals surface area contributed by atoms with Crippen molar-refractivity contribution in [1.29, 1.82) is 0 Å². The molecule has 5 nitrogen and oxygen atoms in total. The van der Waals surface area contributed by atoms with Crippen molar-refractivity contribution in [3.63, 3.8) is 0 Å². The second-order valence-corrected chi connectivity index (χ2v) is 1.25. The standard InChI is InChI=1S/CH2O3.Al.Na.2H2O/c2-1(3)4;;;;/h(H2,2,3,4);;;2*1H2/q;2*+1;;/p-2. The molecule has 0 aliphatic carbocycles. The molecule has 1 fully saturated rings. The fraction of sp³-hybridized carbons (Fsp3) is 0. The monoisotopic (exact) mass is 146 g/mol. The van der Waals surface area contributed by atoms with Gasteiger partial charge < -0.3 is 18.5 Å². The molecule has 0 aromatic heterocycles. The number of hydrogen-bond acceptors (Lipinski definition) is 3. The third-order valence-corrected chi connectivity index (χ3v) is 0.866. The fourth-order valence-electron chi connectivity index (χ4n) is 0.0874. The van der Waals surface area contributed by atoms with Gasteiger partial charge in [0.15, 0.2) is 0 Å². The predicted molar refractivity (Wildman–Crippen MR) is 20.5 cm³/mol. The van der Waals surface area contributed by atoms with E-state index in [-0.39, 0.29) is 40.5 Å². The van der Waals surface area contributed by atoms with Crippen LogP contribution in [-0.4, -0.2) is 33.0 Å². The Hall–Kier alpha value is 0.722. The van der Waals surface area contributed by atoms with E-state index >= 15 is 0 Å². The molecule has 1 heterocycles. The third kappa shape index (κ3) is 4.87. The van der Waals surface area contributed by atoms with Gasteiger partial charge in [-0.25, -0.2) is 4.79 Å². The summed E-state index contributed by atoms with van der Waals surface area (Å²) in [7, 11) is 0. The molecule has 1 rings (SSSR count). The van der Waals surface area contributed by atoms with Crippen molar-refractivity contribution in [2.24, 2.45) is 0 Å². The maximum atomic E-state index is 9.48. The second-order valence-electron chi connectivity index (χ2n) is 0.582. The van der Waals surface area contributed by atoms with Crippen molar-refractivity contribution in [2.75, 3.05) is 0 Å². The van der Waals surface area contributed by atoms with E-state index in [1.165, 1.54) is 0 Å². The Morgan fingerprint density at radius 3 is 1.50 bits per heavy atom. The topological polar surface area (TPSA) is 98.5 Å². The molecule has 42 valence electrons. The molecule has 4 N–H and O–H groups in total. The van der Waals surface area contributed by atoms with Gasteiger partial charge in [0, 0.05) is 0 Å². The van der Waals surface area contributed by atoms with Gasteiger partial charge in [-0.3, -0.25) is 0 Å². The summed E-state index contributed by atoms with van der Waals surface area (Å²) in [5.41, 5.74) is 0. The van der Waals surface area contributed by atoms with E-state index in [4.69, 9.17) is 0 Å². The first-order valence-electron chi connectivity index (χ1n) is 1.08. The third-order valence-electron chi connectivity index (χ3n) is 0.289. The van der Waals surface area contributed by atoms with Crippen LogP contribution < -0.4 is 29.6 Å². The Morgan fingerprint density at radius 2 is 1.50 bits per heavy atom. The van der Waals surface area contributed by atoms with Crippen molar-refractivity contribution < 1.29 is 52.9 Å². The van der Waals surface area contributed by atoms with E-state index < -0.39 is 22.0 Å². The van der Waals surface area contributed by atoms with Gasteiger partial charge in [-0.15, -0.1) is 0 Å². The molecule has 1 aliphatic heterocycles. The van der Waals surface area contributed by atoms with Crippen LogP contribution in [0.15, 0.2) is 0 Å². The van der Waals surface area contributed by atoms with Crippen molar-refractivity contribution in [3.05, 3.63) is 0 Å². The van der Waals surface area contributed by atoms with E-state index in [9.17, 15) is 4.79 Å². The van der Waals surface area contributed by atoms with Gasteiger partial charge in [-0.1, -0.05) is 0 Å². The summed E-state index contributed by atoms with van der Waals surface area (Å²) in [4.78, 5) is 9.48. The first-order chi connectivity index (χ1) is 2.39. The van der Waals surface area contributed by atoms with E-state index in [0.717, 1.165) is 0 Å². The smallest absolute Gasteiger partial charge is 0.752 e. The van der Waals surface area contributed by atoms with Crippen LogP contribution in [0, 0.1) is 0 Å². The largest absolute Gasteiger partial charge is 1.00 e. The molecule has 8 heavy (non-hydrogen) atoms. The number of carbonyl (C=O) groups is 1. The van der Waals surface area contributed by atoms with Crippen LogP contribution in [0.2, 0.25) is 0 Å². The van der Waals surface area contributed by atoms with E-state index in [0.29, 0.717) is 0 Å². The van der Waals surface area contributed by atoms with Crippen molar-refractivity contribution in [1.82, 2.24) is 0 Å². The van der Waals surface area contributed by atoms with E-state index in [1.54, 1.807) is 0 Å². The average molecular weight is 146 g/mol. The van der Waals surface area contributed by atoms with Crippen LogP contribution in [0.3, 0.4) is 0 Å². The van der Waals surface area contributed by atoms with Crippen molar-refractivity contribution in [2.45, 2.75) is 0 Å². The molecular formula is CH4AlNaO5. The molecular weight excluding hydrogens is 142 g/mol. The van der Waals surface area contributed by atoms with E-state index in [2.05, 4.69) is 7.58 Å². The normalized spacial score (nSPS) is 11.8. The molecule has 0 aromatic rings. The zero-order chi connectivity index (χ0) is 3.70. The Bertz CT molecular complexity index is 59.4. The summed E-state index contributed by atoms with van der Waals surface area (Å²) in [6.07, 6.45) is -0.528. The quantitative estimate of drug-likeness (QED) is 0.320. The van der Waals surface area contributed by atoms with Crippen molar-refractivity contribution in [3.8, 4) is 0 Å². The van der Waals surface area contributed by atoms with Gasteiger partial charge in [0.2, 0.25) is 0 Å². The summed E-state index contributed by atoms with van der Waals surface area (Å²) in [6.45, 7) is 0. The summed E-state index contributed by atoms with van der Waals surface area (Å²) >= 11 is -0.420. The maximum absolute atomic E-state index is 9.48. The zero-order valence-corrected chi connectivity index (χ0v) is 7.46. The van der Waals surface area contributed by atoms with Crippen LogP contribution in [-0.2, 0) is 7.58 Å². The first kappa shape index (κ1) is 15.9. The summed E-state index contributed by atoms with van der Waals surface area (Å²) < 4.78 is 8.31. The van der Waals surface area contributed by atoms with Crippen LogP contribution in [0.5, 0.6) is 0 Å². The maximum Gasteiger partial charge on any atom is 1.00 e. The molecule has 0 saturated carbocycles. The second kappa shape index (κ2) is 7.72. The Labute approximate surface area is 74.6 Å². The minimum Gasteiger partial charge on any atom is -0.752 e. The van der Waals surface area contributed by atoms with Gasteiger partial charge in [0.25, 0.3) is 0 Å². The van der Waals surface area contributed by atoms with Gasteiger partial charge in [0.1, 0.15) is 0 Å². The van der Waals surface area contributed by atoms with Crippen LogP contribution in [0.4, 0.5) is 4.79 Å². The molecule has 0 atom stereocenters. The first-order valence-corrected chi connectivity index (χ1v) is 2.03. The number of rotatable bonds is 0. The number of carbonyl (C=O) groups excluding carboxylic acids is 1. The predicted octanol–water partition coefficient (Wildman–Crippen LogP) is -4.96. The van der Waals surface area contributed by atoms with Crippen LogP contribution in [0.1, 0.15) is 0 Å². The molecule has 1 saturated heterocycles. The van der Waals surface area contributed by atoms with Gasteiger partial charge >= 0.3 is 51.6 Å². The minimum absolute atomic E-state index is 0. The van der Waals surface area contributed by atoms with Gasteiger partial charge in [-0.05, 0) is 0 Å². The molecule has 1 aliphatic rings. The molecule has 0 aromatic carbocycles. The molecule has 7 heteroatoms. The Morgan fingerprint density at radius 1 is 1.25 bits per heavy atom. The summed E-state index contributed by atoms with van der Waals surface area (Å²) in [5, 5.41) is 0. The number of hydrogen-bond donors (Lipinski definition) is 0. The van der Waals surface area contributed by atoms with Gasteiger partial charge in [0.05, 0.1) is 0 Å². The Kier molecular flexibility index (Phi) is 15.3. The molecule has 0 spiro atoms. The van der Waals surface area contributed by atoms with Gasteiger partial charge in [-0.2, -0.15) is 0 Å². The molecule has 0 bridgehead atoms.